The predicted molar refractivity (Wildman–Crippen MR) is 71.4 cm³/mol. The lowest BCUT2D eigenvalue weighted by Crippen LogP contribution is -2.18. The van der Waals surface area contributed by atoms with Gasteiger partial charge in [0.25, 0.3) is 0 Å². The number of carboxylic acid groups (broad SMARTS) is 1. The van der Waals surface area contributed by atoms with Crippen molar-refractivity contribution in [2.24, 2.45) is 0 Å². The van der Waals surface area contributed by atoms with E-state index in [1.165, 1.54) is 0 Å². The van der Waals surface area contributed by atoms with Crippen LogP contribution >= 0.6 is 23.1 Å². The first-order chi connectivity index (χ1) is 8.75. The van der Waals surface area contributed by atoms with Crippen molar-refractivity contribution in [3.05, 3.63) is 15.6 Å². The van der Waals surface area contributed by atoms with Crippen molar-refractivity contribution in [1.82, 2.24) is 4.98 Å². The van der Waals surface area contributed by atoms with Crippen LogP contribution in [0.3, 0.4) is 0 Å². The third-order valence-corrected chi connectivity index (χ3v) is 5.58. The van der Waals surface area contributed by atoms with E-state index < -0.39 is 11.9 Å². The van der Waals surface area contributed by atoms with E-state index in [2.05, 4.69) is 4.98 Å². The van der Waals surface area contributed by atoms with Gasteiger partial charge in [-0.2, -0.15) is 11.8 Å². The largest absolute Gasteiger partial charge is 0.481 e. The van der Waals surface area contributed by atoms with Crippen molar-refractivity contribution in [2.45, 2.75) is 31.3 Å². The molecule has 6 heteroatoms. The van der Waals surface area contributed by atoms with Crippen LogP contribution < -0.4 is 0 Å². The third-order valence-electron chi connectivity index (χ3n) is 3.36. The summed E-state index contributed by atoms with van der Waals surface area (Å²) in [6.07, 6.45) is 2.70. The smallest absolute Gasteiger partial charge is 0.312 e. The van der Waals surface area contributed by atoms with E-state index in [4.69, 9.17) is 4.74 Å². The number of hydrogen-bond acceptors (Lipinski definition) is 5. The van der Waals surface area contributed by atoms with E-state index in [-0.39, 0.29) is 6.10 Å². The highest BCUT2D eigenvalue weighted by molar-refractivity contribution is 7.99. The number of hydrogen-bond donors (Lipinski definition) is 1. The van der Waals surface area contributed by atoms with Gasteiger partial charge in [0.05, 0.1) is 18.2 Å². The topological polar surface area (TPSA) is 59.4 Å². The number of aliphatic carboxylic acids is 1. The molecule has 0 amide bonds. The van der Waals surface area contributed by atoms with E-state index in [0.717, 1.165) is 46.5 Å². The van der Waals surface area contributed by atoms with E-state index in [1.807, 2.05) is 11.8 Å². The number of nitrogens with zero attached hydrogens (tertiary/aromatic N) is 1. The minimum Gasteiger partial charge on any atom is -0.481 e. The second kappa shape index (κ2) is 5.19. The Morgan fingerprint density at radius 3 is 3.11 bits per heavy atom. The van der Waals surface area contributed by atoms with Gasteiger partial charge in [-0.05, 0) is 19.3 Å². The number of aromatic nitrogens is 1. The maximum Gasteiger partial charge on any atom is 0.312 e. The Labute approximate surface area is 114 Å². The zero-order chi connectivity index (χ0) is 12.5. The number of carbonyl (C=O) groups is 1. The van der Waals surface area contributed by atoms with Crippen LogP contribution in [-0.2, 0) is 16.0 Å². The van der Waals surface area contributed by atoms with Gasteiger partial charge in [0.2, 0.25) is 0 Å². The summed E-state index contributed by atoms with van der Waals surface area (Å²) in [6, 6.07) is 0. The third kappa shape index (κ3) is 2.29. The summed E-state index contributed by atoms with van der Waals surface area (Å²) in [4.78, 5) is 17.0. The first-order valence-electron chi connectivity index (χ1n) is 6.17. The fraction of sp³-hybridized carbons (Fsp3) is 0.667. The number of ether oxygens (including phenoxy) is 1. The van der Waals surface area contributed by atoms with Gasteiger partial charge in [-0.15, -0.1) is 11.3 Å². The zero-order valence-corrected chi connectivity index (χ0v) is 11.6. The second-order valence-electron chi connectivity index (χ2n) is 4.58. The minimum atomic E-state index is -0.744. The molecule has 1 fully saturated rings. The molecule has 1 aromatic heterocycles. The molecule has 0 radical (unpaired) electrons. The molecule has 2 unspecified atom stereocenters. The van der Waals surface area contributed by atoms with E-state index >= 15 is 0 Å². The Balaban J connectivity index is 1.88. The van der Waals surface area contributed by atoms with Crippen LogP contribution in [-0.4, -0.2) is 34.2 Å². The highest BCUT2D eigenvalue weighted by atomic mass is 32.2. The van der Waals surface area contributed by atoms with Crippen LogP contribution in [0, 0.1) is 0 Å². The van der Waals surface area contributed by atoms with E-state index in [9.17, 15) is 9.90 Å². The van der Waals surface area contributed by atoms with Crippen LogP contribution in [0.1, 0.15) is 40.4 Å². The summed E-state index contributed by atoms with van der Waals surface area (Å²) >= 11 is 3.53. The summed E-state index contributed by atoms with van der Waals surface area (Å²) in [7, 11) is 0. The van der Waals surface area contributed by atoms with Crippen LogP contribution in [0.2, 0.25) is 0 Å². The van der Waals surface area contributed by atoms with Gasteiger partial charge < -0.3 is 9.84 Å². The molecular formula is C12H15NO3S2. The monoisotopic (exact) mass is 285 g/mol. The van der Waals surface area contributed by atoms with Gasteiger partial charge in [-0.3, -0.25) is 4.79 Å². The zero-order valence-electron chi connectivity index (χ0n) is 9.92. The summed E-state index contributed by atoms with van der Waals surface area (Å²) < 4.78 is 5.72. The molecule has 1 N–H and O–H groups in total. The number of aryl methyl sites for hydroxylation is 1. The van der Waals surface area contributed by atoms with E-state index in [1.54, 1.807) is 11.3 Å². The molecule has 0 spiro atoms. The van der Waals surface area contributed by atoms with Crippen molar-refractivity contribution in [3.8, 4) is 0 Å². The summed E-state index contributed by atoms with van der Waals surface area (Å²) in [6.45, 7) is 0.766. The molecule has 0 bridgehead atoms. The molecule has 98 valence electrons. The van der Waals surface area contributed by atoms with Gasteiger partial charge in [0.15, 0.2) is 0 Å². The fourth-order valence-electron chi connectivity index (χ4n) is 2.45. The molecule has 4 nitrogen and oxygen atoms in total. The van der Waals surface area contributed by atoms with E-state index in [0.29, 0.717) is 6.42 Å². The summed E-state index contributed by atoms with van der Waals surface area (Å²) in [5.41, 5.74) is 0.799. The normalized spacial score (nSPS) is 27.8. The number of rotatable bonds is 2. The molecule has 1 aliphatic carbocycles. The predicted octanol–water partition coefficient (Wildman–Crippen LogP) is 2.45. The lowest BCUT2D eigenvalue weighted by molar-refractivity contribution is -0.139. The number of thiazole rings is 1. The maximum absolute atomic E-state index is 11.2. The van der Waals surface area contributed by atoms with Crippen molar-refractivity contribution >= 4 is 29.1 Å². The summed E-state index contributed by atoms with van der Waals surface area (Å²) in [5.74, 6) is 0.824. The second-order valence-corrected chi connectivity index (χ2v) is 6.84. The van der Waals surface area contributed by atoms with Crippen LogP contribution in [0.4, 0.5) is 0 Å². The highest BCUT2D eigenvalue weighted by Gasteiger charge is 2.32. The lowest BCUT2D eigenvalue weighted by Gasteiger charge is -2.20. The molecule has 3 rings (SSSR count). The molecular weight excluding hydrogens is 270 g/mol. The average Bonchev–Trinajstić information content (AvgIpc) is 2.83. The SMILES string of the molecule is O=C(O)C1CCCc2sc(C3CSCCO3)nc21. The van der Waals surface area contributed by atoms with Gasteiger partial charge in [0, 0.05) is 16.4 Å². The van der Waals surface area contributed by atoms with Crippen LogP contribution in [0.5, 0.6) is 0 Å². The maximum atomic E-state index is 11.2. The van der Waals surface area contributed by atoms with Crippen molar-refractivity contribution in [2.75, 3.05) is 18.1 Å². The quantitative estimate of drug-likeness (QED) is 0.904. The Bertz CT molecular complexity index is 454. The molecule has 1 aliphatic heterocycles. The Hall–Kier alpha value is -0.590. The number of fused-ring (bicyclic) bond motifs is 1. The lowest BCUT2D eigenvalue weighted by atomic mass is 9.91. The average molecular weight is 285 g/mol. The van der Waals surface area contributed by atoms with Gasteiger partial charge in [-0.25, -0.2) is 4.98 Å². The molecule has 2 heterocycles. The fourth-order valence-corrected chi connectivity index (χ4v) is 4.62. The summed E-state index contributed by atoms with van der Waals surface area (Å²) in [5, 5.41) is 10.2. The molecule has 2 aliphatic rings. The molecule has 0 saturated carbocycles. The molecule has 18 heavy (non-hydrogen) atoms. The van der Waals surface area contributed by atoms with Crippen molar-refractivity contribution in [3.63, 3.8) is 0 Å². The van der Waals surface area contributed by atoms with Gasteiger partial charge in [-0.1, -0.05) is 0 Å². The molecule has 1 saturated heterocycles. The minimum absolute atomic E-state index is 0.0637. The van der Waals surface area contributed by atoms with Crippen LogP contribution in [0.25, 0.3) is 0 Å². The Morgan fingerprint density at radius 2 is 2.39 bits per heavy atom. The first kappa shape index (κ1) is 12.4. The molecule has 2 atom stereocenters. The number of thioether (sulfide) groups is 1. The molecule has 1 aromatic rings. The van der Waals surface area contributed by atoms with Crippen LogP contribution in [0.15, 0.2) is 0 Å². The number of carboxylic acids is 1. The molecule has 0 aromatic carbocycles. The Kier molecular flexibility index (Phi) is 3.59. The van der Waals surface area contributed by atoms with Crippen molar-refractivity contribution in [1.29, 1.82) is 0 Å². The Morgan fingerprint density at radius 1 is 1.50 bits per heavy atom. The van der Waals surface area contributed by atoms with Crippen molar-refractivity contribution < 1.29 is 14.6 Å². The van der Waals surface area contributed by atoms with Gasteiger partial charge in [0.1, 0.15) is 11.1 Å². The highest BCUT2D eigenvalue weighted by Crippen LogP contribution is 2.38. The standard InChI is InChI=1S/C12H15NO3S2/c14-12(15)7-2-1-3-9-10(7)13-11(18-9)8-6-17-5-4-16-8/h7-8H,1-6H2,(H,14,15). The first-order valence-corrected chi connectivity index (χ1v) is 8.14. The van der Waals surface area contributed by atoms with Gasteiger partial charge >= 0.3 is 5.97 Å².